The summed E-state index contributed by atoms with van der Waals surface area (Å²) in [5.41, 5.74) is 7.45. The molecule has 56 valence electrons. The molecule has 11 heavy (non-hydrogen) atoms. The van der Waals surface area contributed by atoms with Crippen molar-refractivity contribution < 1.29 is 0 Å². The molecular weight excluding hydrogens is 160 g/mol. The summed E-state index contributed by atoms with van der Waals surface area (Å²) in [4.78, 5) is 0. The zero-order valence-electron chi connectivity index (χ0n) is 6.06. The van der Waals surface area contributed by atoms with Crippen LogP contribution in [0.15, 0.2) is 12.1 Å². The van der Waals surface area contributed by atoms with E-state index in [1.165, 1.54) is 0 Å². The average molecular weight is 167 g/mol. The van der Waals surface area contributed by atoms with Crippen LogP contribution < -0.4 is 5.73 Å². The molecule has 0 heterocycles. The molecule has 0 unspecified atom stereocenters. The molecule has 0 saturated carbocycles. The van der Waals surface area contributed by atoms with Gasteiger partial charge in [0.2, 0.25) is 0 Å². The summed E-state index contributed by atoms with van der Waals surface area (Å²) in [6, 6.07) is 5.25. The van der Waals surface area contributed by atoms with Crippen molar-refractivity contribution in [2.75, 3.05) is 5.73 Å². The van der Waals surface area contributed by atoms with Gasteiger partial charge in [-0.3, -0.25) is 0 Å². The molecule has 0 saturated heterocycles. The largest absolute Gasteiger partial charge is 0.398 e. The van der Waals surface area contributed by atoms with E-state index in [9.17, 15) is 0 Å². The van der Waals surface area contributed by atoms with Crippen molar-refractivity contribution in [3.8, 4) is 6.07 Å². The van der Waals surface area contributed by atoms with Crippen molar-refractivity contribution in [1.82, 2.24) is 0 Å². The number of anilines is 1. The minimum Gasteiger partial charge on any atom is -0.398 e. The predicted octanol–water partition coefficient (Wildman–Crippen LogP) is 2.10. The first-order valence-corrected chi connectivity index (χ1v) is 3.48. The van der Waals surface area contributed by atoms with E-state index in [-0.39, 0.29) is 0 Å². The molecule has 0 aliphatic carbocycles. The van der Waals surface area contributed by atoms with Gasteiger partial charge in [0.05, 0.1) is 11.6 Å². The molecule has 1 rings (SSSR count). The molecule has 0 amide bonds. The third kappa shape index (κ3) is 1.44. The molecule has 0 bridgehead atoms. The summed E-state index contributed by atoms with van der Waals surface area (Å²) in [5, 5.41) is 9.11. The highest BCUT2D eigenvalue weighted by molar-refractivity contribution is 6.31. The first-order chi connectivity index (χ1) is 5.15. The summed E-state index contributed by atoms with van der Waals surface area (Å²) in [6.07, 6.45) is 0. The third-order valence-electron chi connectivity index (χ3n) is 1.53. The molecule has 0 aromatic heterocycles. The van der Waals surface area contributed by atoms with E-state index in [4.69, 9.17) is 22.6 Å². The minimum atomic E-state index is 0.504. The lowest BCUT2D eigenvalue weighted by molar-refractivity contribution is 1.40. The summed E-state index contributed by atoms with van der Waals surface area (Å²) >= 11 is 5.67. The fourth-order valence-electron chi connectivity index (χ4n) is 0.816. The second-order valence-electron chi connectivity index (χ2n) is 2.28. The number of halogens is 1. The zero-order chi connectivity index (χ0) is 8.43. The van der Waals surface area contributed by atoms with Crippen molar-refractivity contribution in [1.29, 1.82) is 5.26 Å². The Balaban J connectivity index is 3.39. The molecule has 0 spiro atoms. The lowest BCUT2D eigenvalue weighted by Gasteiger charge is -2.01. The number of nitrogen functional groups attached to an aromatic ring is 1. The quantitative estimate of drug-likeness (QED) is 0.600. The number of nitriles is 1. The van der Waals surface area contributed by atoms with Gasteiger partial charge in [0.25, 0.3) is 0 Å². The Labute approximate surface area is 70.2 Å². The Morgan fingerprint density at radius 2 is 2.18 bits per heavy atom. The van der Waals surface area contributed by atoms with Crippen LogP contribution in [0.3, 0.4) is 0 Å². The monoisotopic (exact) mass is 166 g/mol. The van der Waals surface area contributed by atoms with Crippen LogP contribution in [0.1, 0.15) is 11.1 Å². The minimum absolute atomic E-state index is 0.504. The standard InChI is InChI=1S/C8H7ClN2/c1-5-6(4-10)2-7(9)3-8(5)11/h2-3H,11H2,1H3. The molecule has 0 aliphatic rings. The molecule has 3 heteroatoms. The van der Waals surface area contributed by atoms with Gasteiger partial charge in [-0.2, -0.15) is 5.26 Å². The Morgan fingerprint density at radius 1 is 1.55 bits per heavy atom. The van der Waals surface area contributed by atoms with Crippen LogP contribution in [0.25, 0.3) is 0 Å². The topological polar surface area (TPSA) is 49.8 Å². The van der Waals surface area contributed by atoms with E-state index in [0.29, 0.717) is 16.3 Å². The second-order valence-corrected chi connectivity index (χ2v) is 2.72. The van der Waals surface area contributed by atoms with Crippen LogP contribution in [0.5, 0.6) is 0 Å². The van der Waals surface area contributed by atoms with Crippen LogP contribution in [-0.2, 0) is 0 Å². The molecule has 0 radical (unpaired) electrons. The van der Waals surface area contributed by atoms with Gasteiger partial charge in [-0.15, -0.1) is 0 Å². The van der Waals surface area contributed by atoms with Gasteiger partial charge in [0, 0.05) is 10.7 Å². The van der Waals surface area contributed by atoms with E-state index in [2.05, 4.69) is 0 Å². The molecule has 1 aromatic carbocycles. The lowest BCUT2D eigenvalue weighted by atomic mass is 10.1. The maximum absolute atomic E-state index is 8.60. The number of nitrogens with zero attached hydrogens (tertiary/aromatic N) is 1. The van der Waals surface area contributed by atoms with Gasteiger partial charge in [0.1, 0.15) is 0 Å². The Morgan fingerprint density at radius 3 is 2.73 bits per heavy atom. The normalized spacial score (nSPS) is 9.18. The van der Waals surface area contributed by atoms with Crippen LogP contribution in [0.2, 0.25) is 5.02 Å². The first kappa shape index (κ1) is 7.90. The fraction of sp³-hybridized carbons (Fsp3) is 0.125. The van der Waals surface area contributed by atoms with Gasteiger partial charge in [-0.1, -0.05) is 11.6 Å². The maximum Gasteiger partial charge on any atom is 0.0995 e. The van der Waals surface area contributed by atoms with Crippen LogP contribution >= 0.6 is 11.6 Å². The number of benzene rings is 1. The number of rotatable bonds is 0. The summed E-state index contributed by atoms with van der Waals surface area (Å²) < 4.78 is 0. The average Bonchev–Trinajstić information content (AvgIpc) is 1.96. The van der Waals surface area contributed by atoms with Gasteiger partial charge in [-0.05, 0) is 24.6 Å². The van der Waals surface area contributed by atoms with Gasteiger partial charge < -0.3 is 5.73 Å². The highest BCUT2D eigenvalue weighted by atomic mass is 35.5. The van der Waals surface area contributed by atoms with E-state index in [1.807, 2.05) is 6.07 Å². The highest BCUT2D eigenvalue weighted by Gasteiger charge is 2.01. The summed E-state index contributed by atoms with van der Waals surface area (Å²) in [6.45, 7) is 1.80. The van der Waals surface area contributed by atoms with E-state index in [1.54, 1.807) is 19.1 Å². The number of hydrogen-bond donors (Lipinski definition) is 1. The van der Waals surface area contributed by atoms with Crippen molar-refractivity contribution in [2.24, 2.45) is 0 Å². The number of nitrogens with two attached hydrogens (primary N) is 1. The molecular formula is C8H7ClN2. The van der Waals surface area contributed by atoms with Crippen molar-refractivity contribution in [2.45, 2.75) is 6.92 Å². The molecule has 0 fully saturated rings. The maximum atomic E-state index is 8.60. The molecule has 2 nitrogen and oxygen atoms in total. The lowest BCUT2D eigenvalue weighted by Crippen LogP contribution is -1.92. The van der Waals surface area contributed by atoms with Gasteiger partial charge in [-0.25, -0.2) is 0 Å². The van der Waals surface area contributed by atoms with E-state index < -0.39 is 0 Å². The SMILES string of the molecule is Cc1c(N)cc(Cl)cc1C#N. The van der Waals surface area contributed by atoms with Gasteiger partial charge >= 0.3 is 0 Å². The van der Waals surface area contributed by atoms with Gasteiger partial charge in [0.15, 0.2) is 0 Å². The zero-order valence-corrected chi connectivity index (χ0v) is 6.81. The van der Waals surface area contributed by atoms with E-state index >= 15 is 0 Å². The summed E-state index contributed by atoms with van der Waals surface area (Å²) in [5.74, 6) is 0. The summed E-state index contributed by atoms with van der Waals surface area (Å²) in [7, 11) is 0. The highest BCUT2D eigenvalue weighted by Crippen LogP contribution is 2.21. The number of hydrogen-bond acceptors (Lipinski definition) is 2. The molecule has 1 aromatic rings. The van der Waals surface area contributed by atoms with Crippen molar-refractivity contribution in [3.63, 3.8) is 0 Å². The van der Waals surface area contributed by atoms with Crippen molar-refractivity contribution in [3.05, 3.63) is 28.3 Å². The van der Waals surface area contributed by atoms with Crippen molar-refractivity contribution >= 4 is 17.3 Å². The Hall–Kier alpha value is -1.20. The molecule has 0 atom stereocenters. The molecule has 0 aliphatic heterocycles. The Bertz CT molecular complexity index is 326. The second kappa shape index (κ2) is 2.81. The van der Waals surface area contributed by atoms with Crippen LogP contribution in [-0.4, -0.2) is 0 Å². The fourth-order valence-corrected chi connectivity index (χ4v) is 1.04. The first-order valence-electron chi connectivity index (χ1n) is 3.11. The predicted molar refractivity (Wildman–Crippen MR) is 45.3 cm³/mol. The molecule has 2 N–H and O–H groups in total. The van der Waals surface area contributed by atoms with Crippen LogP contribution in [0.4, 0.5) is 5.69 Å². The van der Waals surface area contributed by atoms with E-state index in [0.717, 1.165) is 5.56 Å². The third-order valence-corrected chi connectivity index (χ3v) is 1.75. The van der Waals surface area contributed by atoms with Crippen LogP contribution in [0, 0.1) is 18.3 Å². The smallest absolute Gasteiger partial charge is 0.0995 e. The Kier molecular flexibility index (Phi) is 2.02.